The van der Waals surface area contributed by atoms with E-state index in [4.69, 9.17) is 9.97 Å². The van der Waals surface area contributed by atoms with Gasteiger partial charge in [0.25, 0.3) is 0 Å². The maximum absolute atomic E-state index is 5.73. The Morgan fingerprint density at radius 2 is 1.09 bits per heavy atom. The van der Waals surface area contributed by atoms with E-state index in [1.54, 1.807) is 0 Å². The van der Waals surface area contributed by atoms with E-state index in [-0.39, 0.29) is 0 Å². The van der Waals surface area contributed by atoms with Crippen molar-refractivity contribution in [1.29, 1.82) is 0 Å². The van der Waals surface area contributed by atoms with Crippen LogP contribution in [0.5, 0.6) is 0 Å². The molecule has 0 atom stereocenters. The summed E-state index contributed by atoms with van der Waals surface area (Å²) in [6.07, 6.45) is 6.56. The van der Waals surface area contributed by atoms with Crippen molar-refractivity contribution in [3.05, 3.63) is 175 Å². The minimum Gasteiger partial charge on any atom is -0.309 e. The average molecular weight is 689 g/mol. The molecule has 1 aliphatic carbocycles. The van der Waals surface area contributed by atoms with Crippen LogP contribution in [0.2, 0.25) is 0 Å². The van der Waals surface area contributed by atoms with Crippen LogP contribution in [-0.4, -0.2) is 19.1 Å². The lowest BCUT2D eigenvalue weighted by Gasteiger charge is -2.18. The van der Waals surface area contributed by atoms with Gasteiger partial charge in [-0.3, -0.25) is 4.57 Å². The Morgan fingerprint density at radius 1 is 0.463 bits per heavy atom. The van der Waals surface area contributed by atoms with Gasteiger partial charge in [-0.2, -0.15) is 0 Å². The molecule has 12 rings (SSSR count). The molecule has 0 radical (unpaired) electrons. The molecule has 3 heterocycles. The fourth-order valence-electron chi connectivity index (χ4n) is 9.20. The summed E-state index contributed by atoms with van der Waals surface area (Å²) >= 11 is 0. The highest BCUT2D eigenvalue weighted by molar-refractivity contribution is 6.25. The molecule has 1 aliphatic rings. The second-order valence-electron chi connectivity index (χ2n) is 14.4. The third-order valence-corrected chi connectivity index (χ3v) is 11.5. The number of hydrogen-bond donors (Lipinski definition) is 0. The van der Waals surface area contributed by atoms with E-state index in [2.05, 4.69) is 179 Å². The van der Waals surface area contributed by atoms with Gasteiger partial charge in [0.1, 0.15) is 5.69 Å². The smallest absolute Gasteiger partial charge is 0.164 e. The maximum atomic E-state index is 5.73. The second-order valence-corrected chi connectivity index (χ2v) is 14.4. The summed E-state index contributed by atoms with van der Waals surface area (Å²) in [5.74, 6) is 0.869. The van der Waals surface area contributed by atoms with Crippen molar-refractivity contribution in [1.82, 2.24) is 19.1 Å². The van der Waals surface area contributed by atoms with Crippen LogP contribution in [0.4, 0.5) is 0 Å². The standard InChI is InChI=1S/C50H32N4/c1-2-15-32(16-3-1)47-50(52-49-38-21-9-7-19-36(38)35-18-6-8-20-37(35)48(49)51-47)54-42-25-13-11-23-40(42)46-44(54)29-28-43-45(46)39-22-10-12-24-41(39)53(43)34-27-26-31-14-4-5-17-33(31)30-34/h1-12,14-24,26-30H,13,25H2. The highest BCUT2D eigenvalue weighted by Gasteiger charge is 2.27. The molecule has 0 bridgehead atoms. The lowest BCUT2D eigenvalue weighted by Crippen LogP contribution is -2.08. The van der Waals surface area contributed by atoms with Crippen LogP contribution in [0.15, 0.2) is 164 Å². The Kier molecular flexibility index (Phi) is 6.14. The summed E-state index contributed by atoms with van der Waals surface area (Å²) < 4.78 is 4.88. The van der Waals surface area contributed by atoms with Crippen LogP contribution in [-0.2, 0) is 6.42 Å². The van der Waals surface area contributed by atoms with Crippen molar-refractivity contribution >= 4 is 82.1 Å². The molecule has 0 saturated heterocycles. The van der Waals surface area contributed by atoms with Crippen molar-refractivity contribution in [3.63, 3.8) is 0 Å². The number of rotatable bonds is 3. The van der Waals surface area contributed by atoms with Gasteiger partial charge in [0.05, 0.1) is 27.6 Å². The minimum absolute atomic E-state index is 0.869. The van der Waals surface area contributed by atoms with Gasteiger partial charge in [-0.25, -0.2) is 9.97 Å². The van der Waals surface area contributed by atoms with E-state index in [1.807, 2.05) is 0 Å². The molecule has 0 amide bonds. The van der Waals surface area contributed by atoms with Crippen LogP contribution in [0, 0.1) is 0 Å². The van der Waals surface area contributed by atoms with Gasteiger partial charge in [0.2, 0.25) is 0 Å². The van der Waals surface area contributed by atoms with Crippen LogP contribution in [0.1, 0.15) is 17.7 Å². The number of hydrogen-bond acceptors (Lipinski definition) is 2. The molecule has 54 heavy (non-hydrogen) atoms. The number of para-hydroxylation sites is 1. The van der Waals surface area contributed by atoms with Crippen molar-refractivity contribution in [2.24, 2.45) is 0 Å². The molecule has 4 nitrogen and oxygen atoms in total. The predicted molar refractivity (Wildman–Crippen MR) is 226 cm³/mol. The van der Waals surface area contributed by atoms with Crippen molar-refractivity contribution in [3.8, 4) is 22.8 Å². The SMILES string of the molecule is C1=Cc2c(n(-c3nc4c5ccccc5c5ccccc5c4nc3-c3ccccc3)c3ccc4c(c5ccccc5n4-c4ccc5ccccc5c4)c23)CC1. The quantitative estimate of drug-likeness (QED) is 0.173. The molecular weight excluding hydrogens is 657 g/mol. The largest absolute Gasteiger partial charge is 0.309 e. The zero-order valence-electron chi connectivity index (χ0n) is 29.4. The normalized spacial score (nSPS) is 13.0. The summed E-state index contributed by atoms with van der Waals surface area (Å²) in [5.41, 5.74) is 11.0. The highest BCUT2D eigenvalue weighted by Crippen LogP contribution is 2.45. The van der Waals surface area contributed by atoms with E-state index in [0.717, 1.165) is 62.9 Å². The average Bonchev–Trinajstić information content (AvgIpc) is 3.76. The van der Waals surface area contributed by atoms with Crippen LogP contribution in [0.25, 0.3) is 105 Å². The first-order chi connectivity index (χ1) is 26.8. The third-order valence-electron chi connectivity index (χ3n) is 11.5. The Labute approximate surface area is 310 Å². The topological polar surface area (TPSA) is 35.6 Å². The van der Waals surface area contributed by atoms with Gasteiger partial charge in [-0.15, -0.1) is 0 Å². The number of fused-ring (bicyclic) bond motifs is 14. The Hall–Kier alpha value is -7.04. The van der Waals surface area contributed by atoms with E-state index >= 15 is 0 Å². The first-order valence-electron chi connectivity index (χ1n) is 18.7. The van der Waals surface area contributed by atoms with Crippen molar-refractivity contribution in [2.75, 3.05) is 0 Å². The Bertz CT molecular complexity index is 3380. The summed E-state index contributed by atoms with van der Waals surface area (Å²) in [5, 5.41) is 10.9. The molecule has 0 aliphatic heterocycles. The molecule has 3 aromatic heterocycles. The molecule has 0 saturated carbocycles. The number of aromatic nitrogens is 4. The summed E-state index contributed by atoms with van der Waals surface area (Å²) in [7, 11) is 0. The Morgan fingerprint density at radius 3 is 1.87 bits per heavy atom. The second kappa shape index (κ2) is 11.2. The molecule has 11 aromatic rings. The van der Waals surface area contributed by atoms with Gasteiger partial charge in [-0.1, -0.05) is 140 Å². The molecule has 0 N–H and O–H groups in total. The number of allylic oxidation sites excluding steroid dienone is 1. The molecular formula is C50H32N4. The van der Waals surface area contributed by atoms with Gasteiger partial charge in [0, 0.05) is 49.4 Å². The van der Waals surface area contributed by atoms with Crippen LogP contribution >= 0.6 is 0 Å². The third kappa shape index (κ3) is 4.08. The van der Waals surface area contributed by atoms with Crippen LogP contribution < -0.4 is 0 Å². The van der Waals surface area contributed by atoms with Gasteiger partial charge in [-0.05, 0) is 64.7 Å². The van der Waals surface area contributed by atoms with E-state index in [1.165, 1.54) is 60.0 Å². The van der Waals surface area contributed by atoms with Crippen molar-refractivity contribution < 1.29 is 0 Å². The van der Waals surface area contributed by atoms with E-state index < -0.39 is 0 Å². The summed E-state index contributed by atoms with van der Waals surface area (Å²) in [4.78, 5) is 11.3. The highest BCUT2D eigenvalue weighted by atomic mass is 15.1. The molecule has 8 aromatic carbocycles. The first kappa shape index (κ1) is 29.5. The molecule has 252 valence electrons. The molecule has 0 unspecified atom stereocenters. The zero-order chi connectivity index (χ0) is 35.3. The molecule has 0 spiro atoms. The van der Waals surface area contributed by atoms with E-state index in [0.29, 0.717) is 0 Å². The fourth-order valence-corrected chi connectivity index (χ4v) is 9.20. The summed E-state index contributed by atoms with van der Waals surface area (Å²) in [6.45, 7) is 0. The van der Waals surface area contributed by atoms with Gasteiger partial charge >= 0.3 is 0 Å². The number of benzene rings is 8. The fraction of sp³-hybridized carbons (Fsp3) is 0.0400. The summed E-state index contributed by atoms with van der Waals surface area (Å²) in [6, 6.07) is 56.8. The predicted octanol–water partition coefficient (Wildman–Crippen LogP) is 12.8. The minimum atomic E-state index is 0.869. The maximum Gasteiger partial charge on any atom is 0.164 e. The van der Waals surface area contributed by atoms with Gasteiger partial charge < -0.3 is 4.57 Å². The number of nitrogens with zero attached hydrogens (tertiary/aromatic N) is 4. The van der Waals surface area contributed by atoms with Gasteiger partial charge in [0.15, 0.2) is 5.82 Å². The Balaban J connectivity index is 1.23. The van der Waals surface area contributed by atoms with Crippen LogP contribution in [0.3, 0.4) is 0 Å². The lowest BCUT2D eigenvalue weighted by molar-refractivity contribution is 0.873. The molecule has 4 heteroatoms. The molecule has 0 fully saturated rings. The lowest BCUT2D eigenvalue weighted by atomic mass is 9.99. The first-order valence-corrected chi connectivity index (χ1v) is 18.7. The van der Waals surface area contributed by atoms with E-state index in [9.17, 15) is 0 Å². The monoisotopic (exact) mass is 688 g/mol. The van der Waals surface area contributed by atoms with Crippen molar-refractivity contribution in [2.45, 2.75) is 12.8 Å². The zero-order valence-corrected chi connectivity index (χ0v) is 29.4.